The average Bonchev–Trinajstić information content (AvgIpc) is 3.60. The molecule has 4 aromatic rings. The zero-order valence-electron chi connectivity index (χ0n) is 20.3. The van der Waals surface area contributed by atoms with Gasteiger partial charge in [0.25, 0.3) is 5.91 Å². The van der Waals surface area contributed by atoms with E-state index in [1.165, 1.54) is 6.07 Å². The maximum Gasteiger partial charge on any atom is 0.405 e. The molecular weight excluding hydrogens is 656 g/mol. The number of rotatable bonds is 8. The normalized spacial score (nSPS) is 16.7. The lowest BCUT2D eigenvalue weighted by Crippen LogP contribution is -3.11. The molecule has 0 bridgehead atoms. The van der Waals surface area contributed by atoms with Crippen LogP contribution in [0, 0.1) is 0 Å². The Balaban J connectivity index is 0.00000353. The summed E-state index contributed by atoms with van der Waals surface area (Å²) in [5, 5.41) is 7.87. The molecule has 1 saturated heterocycles. The smallest absolute Gasteiger partial charge is 0.405 e. The van der Waals surface area contributed by atoms with Gasteiger partial charge in [0.05, 0.1) is 24.0 Å². The molecule has 14 heteroatoms. The predicted molar refractivity (Wildman–Crippen MR) is 131 cm³/mol. The van der Waals surface area contributed by atoms with E-state index >= 15 is 0 Å². The molecule has 4 heterocycles. The Hall–Kier alpha value is -2.85. The third-order valence-electron chi connectivity index (χ3n) is 6.21. The van der Waals surface area contributed by atoms with E-state index in [1.54, 1.807) is 40.6 Å². The second-order valence-corrected chi connectivity index (χ2v) is 9.98. The van der Waals surface area contributed by atoms with E-state index in [-0.39, 0.29) is 41.8 Å². The van der Waals surface area contributed by atoms with Crippen molar-refractivity contribution >= 4 is 22.9 Å². The number of carbonyl (C=O) groups is 1. The highest BCUT2D eigenvalue weighted by Gasteiger charge is 2.41. The number of likely N-dealkylation sites (tertiary alicyclic amines) is 1. The number of fused-ring (bicyclic) bond motifs is 1. The van der Waals surface area contributed by atoms with Gasteiger partial charge in [-0.25, -0.2) is 18.3 Å². The van der Waals surface area contributed by atoms with Crippen LogP contribution >= 0.6 is 11.3 Å². The molecule has 1 unspecified atom stereocenters. The van der Waals surface area contributed by atoms with E-state index in [1.807, 2.05) is 17.4 Å². The summed E-state index contributed by atoms with van der Waals surface area (Å²) >= 11 is 1.04. The summed E-state index contributed by atoms with van der Waals surface area (Å²) in [5.74, 6) is -2.73. The molecule has 5 rings (SSSR count). The molecule has 0 saturated carbocycles. The number of nitrogens with zero attached hydrogens (tertiary/aromatic N) is 3. The molecular formula is C25H23F5IN5O2S. The number of hydrogen-bond acceptors (Lipinski definition) is 5. The molecule has 0 aliphatic carbocycles. The van der Waals surface area contributed by atoms with Gasteiger partial charge in [0, 0.05) is 23.5 Å². The summed E-state index contributed by atoms with van der Waals surface area (Å²) in [6.07, 6.45) is 0.493. The van der Waals surface area contributed by atoms with Crippen LogP contribution in [-0.2, 0) is 0 Å². The van der Waals surface area contributed by atoms with Crippen LogP contribution in [0.5, 0.6) is 5.75 Å². The van der Waals surface area contributed by atoms with Crippen molar-refractivity contribution in [1.82, 2.24) is 19.9 Å². The SMILES string of the molecule is O=C(NCC(F)(F)F)c1cc(-c2cnn3cc(-c4ccc(OCC[NH+]5CCC(F)(F)C5)cc4)cnc23)cs1.[I-]. The molecule has 7 nitrogen and oxygen atoms in total. The number of amides is 1. The number of alkyl halides is 5. The van der Waals surface area contributed by atoms with Crippen molar-refractivity contribution in [2.75, 3.05) is 32.8 Å². The van der Waals surface area contributed by atoms with Crippen LogP contribution in [0.4, 0.5) is 22.0 Å². The zero-order chi connectivity index (χ0) is 26.9. The van der Waals surface area contributed by atoms with E-state index in [2.05, 4.69) is 10.1 Å². The maximum atomic E-state index is 13.3. The highest BCUT2D eigenvalue weighted by Crippen LogP contribution is 2.30. The fraction of sp³-hybridized carbons (Fsp3) is 0.320. The van der Waals surface area contributed by atoms with Crippen molar-refractivity contribution in [2.24, 2.45) is 0 Å². The Morgan fingerprint density at radius 1 is 1.15 bits per heavy atom. The van der Waals surface area contributed by atoms with Crippen LogP contribution in [0.1, 0.15) is 16.1 Å². The second kappa shape index (κ2) is 11.7. The molecule has 1 aliphatic heterocycles. The van der Waals surface area contributed by atoms with Crippen LogP contribution in [0.2, 0.25) is 0 Å². The minimum absolute atomic E-state index is 0. The standard InChI is InChI=1S/C25H22F5N5O2S.HI/c26-24(27)5-6-34(15-24)7-8-37-19-3-1-16(2-4-19)18-10-31-22-20(11-33-35(22)12-18)17-9-21(38-13-17)23(36)32-14-25(28,29)30;/h1-4,9-13H,5-8,14-15H2,(H,32,36);1H. The Labute approximate surface area is 241 Å². The minimum Gasteiger partial charge on any atom is -1.00 e. The molecule has 0 radical (unpaired) electrons. The van der Waals surface area contributed by atoms with Crippen molar-refractivity contribution in [3.8, 4) is 28.0 Å². The van der Waals surface area contributed by atoms with E-state index in [4.69, 9.17) is 4.74 Å². The number of nitrogens with one attached hydrogen (secondary N) is 2. The number of hydrogen-bond donors (Lipinski definition) is 2. The second-order valence-electron chi connectivity index (χ2n) is 9.07. The Morgan fingerprint density at radius 2 is 1.92 bits per heavy atom. The number of benzene rings is 1. The Bertz CT molecular complexity index is 1440. The van der Waals surface area contributed by atoms with Crippen LogP contribution < -0.4 is 38.9 Å². The first-order valence-electron chi connectivity index (χ1n) is 11.8. The van der Waals surface area contributed by atoms with Crippen molar-refractivity contribution < 1.29 is 60.4 Å². The first-order valence-corrected chi connectivity index (χ1v) is 12.7. The van der Waals surface area contributed by atoms with Gasteiger partial charge in [0.2, 0.25) is 0 Å². The molecule has 3 aromatic heterocycles. The van der Waals surface area contributed by atoms with Crippen LogP contribution in [0.25, 0.3) is 27.9 Å². The van der Waals surface area contributed by atoms with E-state index in [9.17, 15) is 26.7 Å². The highest BCUT2D eigenvalue weighted by molar-refractivity contribution is 7.12. The molecule has 1 atom stereocenters. The van der Waals surface area contributed by atoms with Crippen LogP contribution in [-0.4, -0.2) is 65.4 Å². The lowest BCUT2D eigenvalue weighted by atomic mass is 10.1. The van der Waals surface area contributed by atoms with E-state index < -0.39 is 24.6 Å². The summed E-state index contributed by atoms with van der Waals surface area (Å²) in [6.45, 7) is -0.226. The fourth-order valence-corrected chi connectivity index (χ4v) is 5.09. The number of quaternary nitrogens is 1. The highest BCUT2D eigenvalue weighted by atomic mass is 127. The van der Waals surface area contributed by atoms with Gasteiger partial charge in [-0.1, -0.05) is 12.1 Å². The molecule has 1 aromatic carbocycles. The van der Waals surface area contributed by atoms with Gasteiger partial charge in [-0.3, -0.25) is 4.79 Å². The number of ether oxygens (including phenoxy) is 1. The van der Waals surface area contributed by atoms with Crippen molar-refractivity contribution in [3.05, 3.63) is 59.2 Å². The predicted octanol–water partition coefficient (Wildman–Crippen LogP) is 0.724. The first-order chi connectivity index (χ1) is 18.1. The number of halogens is 6. The summed E-state index contributed by atoms with van der Waals surface area (Å²) in [5.41, 5.74) is 3.46. The molecule has 39 heavy (non-hydrogen) atoms. The van der Waals surface area contributed by atoms with Crippen LogP contribution in [0.3, 0.4) is 0 Å². The first kappa shape index (κ1) is 29.1. The van der Waals surface area contributed by atoms with Gasteiger partial charge in [0.1, 0.15) is 32.0 Å². The molecule has 208 valence electrons. The van der Waals surface area contributed by atoms with Gasteiger partial charge in [-0.15, -0.1) is 11.3 Å². The molecule has 1 aliphatic rings. The van der Waals surface area contributed by atoms with Gasteiger partial charge < -0.3 is 38.9 Å². The van der Waals surface area contributed by atoms with Crippen molar-refractivity contribution in [1.29, 1.82) is 0 Å². The third-order valence-corrected chi connectivity index (χ3v) is 7.13. The van der Waals surface area contributed by atoms with Gasteiger partial charge in [-0.2, -0.15) is 18.3 Å². The average molecular weight is 679 g/mol. The third kappa shape index (κ3) is 7.22. The quantitative estimate of drug-likeness (QED) is 0.213. The van der Waals surface area contributed by atoms with E-state index in [0.717, 1.165) is 27.4 Å². The summed E-state index contributed by atoms with van der Waals surface area (Å²) in [7, 11) is 0. The lowest BCUT2D eigenvalue weighted by molar-refractivity contribution is -0.891. The summed E-state index contributed by atoms with van der Waals surface area (Å²) in [6, 6.07) is 8.85. The Kier molecular flexibility index (Phi) is 8.75. The van der Waals surface area contributed by atoms with Crippen molar-refractivity contribution in [2.45, 2.75) is 18.5 Å². The van der Waals surface area contributed by atoms with Gasteiger partial charge in [0.15, 0.2) is 5.65 Å². The number of aromatic nitrogens is 3. The topological polar surface area (TPSA) is 73.0 Å². The van der Waals surface area contributed by atoms with Crippen LogP contribution in [0.15, 0.2) is 54.3 Å². The molecule has 0 spiro atoms. The van der Waals surface area contributed by atoms with Crippen molar-refractivity contribution in [3.63, 3.8) is 0 Å². The lowest BCUT2D eigenvalue weighted by Gasteiger charge is -2.13. The molecule has 1 fully saturated rings. The summed E-state index contributed by atoms with van der Waals surface area (Å²) in [4.78, 5) is 17.5. The zero-order valence-corrected chi connectivity index (χ0v) is 23.2. The summed E-state index contributed by atoms with van der Waals surface area (Å²) < 4.78 is 71.0. The molecule has 2 N–H and O–H groups in total. The largest absolute Gasteiger partial charge is 1.00 e. The Morgan fingerprint density at radius 3 is 2.62 bits per heavy atom. The number of carbonyl (C=O) groups excluding carboxylic acids is 1. The van der Waals surface area contributed by atoms with E-state index in [0.29, 0.717) is 42.2 Å². The van der Waals surface area contributed by atoms with Gasteiger partial charge >= 0.3 is 12.1 Å². The monoisotopic (exact) mass is 679 g/mol. The fourth-order valence-electron chi connectivity index (χ4n) is 4.26. The maximum absolute atomic E-state index is 13.3. The molecule has 1 amide bonds. The van der Waals surface area contributed by atoms with Gasteiger partial charge in [-0.05, 0) is 34.7 Å². The minimum atomic E-state index is -4.48. The number of thiophene rings is 1.